The number of fused-ring (bicyclic) bond motifs is 4. The van der Waals surface area contributed by atoms with Crippen LogP contribution in [0.1, 0.15) is 44.0 Å². The molecule has 1 aromatic rings. The number of rotatable bonds is 1. The van der Waals surface area contributed by atoms with Crippen molar-refractivity contribution in [3.63, 3.8) is 0 Å². The van der Waals surface area contributed by atoms with E-state index >= 15 is 0 Å². The van der Waals surface area contributed by atoms with Gasteiger partial charge in [0.25, 0.3) is 0 Å². The first-order valence-electron chi connectivity index (χ1n) is 6.29. The normalized spacial score (nSPS) is 26.2. The Morgan fingerprint density at radius 1 is 1.47 bits per heavy atom. The average molecular weight is 231 g/mol. The van der Waals surface area contributed by atoms with Gasteiger partial charge in [0.2, 0.25) is 5.91 Å². The molecule has 3 rings (SSSR count). The average Bonchev–Trinajstić information content (AvgIpc) is 2.63. The van der Waals surface area contributed by atoms with Crippen LogP contribution < -0.4 is 0 Å². The predicted octanol–water partition coefficient (Wildman–Crippen LogP) is 1.72. The van der Waals surface area contributed by atoms with E-state index in [0.29, 0.717) is 6.04 Å². The van der Waals surface area contributed by atoms with E-state index in [0.717, 1.165) is 30.5 Å². The first-order valence-corrected chi connectivity index (χ1v) is 6.29. The van der Waals surface area contributed by atoms with Gasteiger partial charge in [0.1, 0.15) is 6.33 Å². The summed E-state index contributed by atoms with van der Waals surface area (Å²) in [5, 5.41) is 0. The van der Waals surface area contributed by atoms with Gasteiger partial charge in [-0.1, -0.05) is 13.8 Å². The van der Waals surface area contributed by atoms with Crippen LogP contribution in [-0.4, -0.2) is 26.8 Å². The topological polar surface area (TPSA) is 46.1 Å². The van der Waals surface area contributed by atoms with Crippen molar-refractivity contribution in [3.05, 3.63) is 23.8 Å². The van der Waals surface area contributed by atoms with E-state index < -0.39 is 0 Å². The molecule has 1 aromatic heterocycles. The van der Waals surface area contributed by atoms with E-state index in [1.165, 1.54) is 0 Å². The van der Waals surface area contributed by atoms with Crippen LogP contribution in [-0.2, 0) is 11.2 Å². The minimum Gasteiger partial charge on any atom is -0.332 e. The molecule has 90 valence electrons. The van der Waals surface area contributed by atoms with Gasteiger partial charge in [0.05, 0.1) is 11.7 Å². The number of aromatic nitrogens is 2. The molecule has 0 spiro atoms. The minimum atomic E-state index is 0.0734. The second-order valence-corrected chi connectivity index (χ2v) is 5.28. The summed E-state index contributed by atoms with van der Waals surface area (Å²) >= 11 is 0. The Balaban J connectivity index is 1.99. The highest BCUT2D eigenvalue weighted by atomic mass is 16.2. The Labute approximate surface area is 101 Å². The van der Waals surface area contributed by atoms with Crippen LogP contribution in [0.25, 0.3) is 0 Å². The monoisotopic (exact) mass is 231 g/mol. The van der Waals surface area contributed by atoms with Crippen LogP contribution in [0.4, 0.5) is 0 Å². The summed E-state index contributed by atoms with van der Waals surface area (Å²) < 4.78 is 0. The van der Waals surface area contributed by atoms with Gasteiger partial charge in [0.15, 0.2) is 0 Å². The van der Waals surface area contributed by atoms with Crippen molar-refractivity contribution in [2.75, 3.05) is 0 Å². The molecule has 17 heavy (non-hydrogen) atoms. The van der Waals surface area contributed by atoms with E-state index in [2.05, 4.69) is 14.9 Å². The Morgan fingerprint density at radius 3 is 3.06 bits per heavy atom. The lowest BCUT2D eigenvalue weighted by atomic mass is 9.98. The zero-order valence-corrected chi connectivity index (χ0v) is 10.3. The van der Waals surface area contributed by atoms with Crippen LogP contribution in [0.2, 0.25) is 0 Å². The molecule has 0 saturated carbocycles. The van der Waals surface area contributed by atoms with Gasteiger partial charge in [-0.05, 0) is 12.8 Å². The van der Waals surface area contributed by atoms with Gasteiger partial charge in [-0.15, -0.1) is 0 Å². The molecule has 0 radical (unpaired) electrons. The molecule has 2 bridgehead atoms. The first kappa shape index (κ1) is 10.7. The van der Waals surface area contributed by atoms with E-state index in [9.17, 15) is 4.79 Å². The number of hydrogen-bond acceptors (Lipinski definition) is 3. The van der Waals surface area contributed by atoms with Gasteiger partial charge in [-0.25, -0.2) is 9.97 Å². The molecule has 2 aliphatic rings. The Bertz CT molecular complexity index is 458. The Morgan fingerprint density at radius 2 is 2.29 bits per heavy atom. The molecule has 2 unspecified atom stereocenters. The van der Waals surface area contributed by atoms with Crippen LogP contribution in [0.15, 0.2) is 12.5 Å². The highest BCUT2D eigenvalue weighted by molar-refractivity contribution is 5.79. The zero-order chi connectivity index (χ0) is 12.0. The highest BCUT2D eigenvalue weighted by Crippen LogP contribution is 2.43. The SMILES string of the molecule is CC(C)C(=O)N1C2CCC1c1cncnc1C2. The first-order chi connectivity index (χ1) is 8.18. The third-order valence-electron chi connectivity index (χ3n) is 3.87. The van der Waals surface area contributed by atoms with Crippen LogP contribution in [0.3, 0.4) is 0 Å². The number of amides is 1. The summed E-state index contributed by atoms with van der Waals surface area (Å²) in [5.41, 5.74) is 2.30. The smallest absolute Gasteiger partial charge is 0.225 e. The van der Waals surface area contributed by atoms with Crippen molar-refractivity contribution in [2.24, 2.45) is 5.92 Å². The van der Waals surface area contributed by atoms with Gasteiger partial charge >= 0.3 is 0 Å². The van der Waals surface area contributed by atoms with Crippen molar-refractivity contribution in [1.29, 1.82) is 0 Å². The lowest BCUT2D eigenvalue weighted by Crippen LogP contribution is -2.44. The summed E-state index contributed by atoms with van der Waals surface area (Å²) in [4.78, 5) is 22.8. The Kier molecular flexibility index (Phi) is 2.38. The summed E-state index contributed by atoms with van der Waals surface area (Å²) in [6, 6.07) is 0.581. The van der Waals surface area contributed by atoms with Crippen LogP contribution in [0.5, 0.6) is 0 Å². The van der Waals surface area contributed by atoms with Crippen molar-refractivity contribution >= 4 is 5.91 Å². The minimum absolute atomic E-state index is 0.0734. The zero-order valence-electron chi connectivity index (χ0n) is 10.3. The third-order valence-corrected chi connectivity index (χ3v) is 3.87. The number of hydrogen-bond donors (Lipinski definition) is 0. The van der Waals surface area contributed by atoms with Crippen molar-refractivity contribution in [3.8, 4) is 0 Å². The van der Waals surface area contributed by atoms with E-state index in [1.807, 2.05) is 20.0 Å². The molecular formula is C13H17N3O. The molecule has 3 heterocycles. The number of carbonyl (C=O) groups excluding carboxylic acids is 1. The molecule has 2 atom stereocenters. The van der Waals surface area contributed by atoms with E-state index in [-0.39, 0.29) is 17.9 Å². The second-order valence-electron chi connectivity index (χ2n) is 5.28. The van der Waals surface area contributed by atoms with Crippen molar-refractivity contribution < 1.29 is 4.79 Å². The predicted molar refractivity (Wildman–Crippen MR) is 63.2 cm³/mol. The largest absolute Gasteiger partial charge is 0.332 e. The molecule has 0 aliphatic carbocycles. The maximum atomic E-state index is 12.3. The van der Waals surface area contributed by atoms with Gasteiger partial charge in [-0.2, -0.15) is 0 Å². The Hall–Kier alpha value is -1.45. The number of nitrogens with zero attached hydrogens (tertiary/aromatic N) is 3. The molecular weight excluding hydrogens is 214 g/mol. The second kappa shape index (κ2) is 3.79. The summed E-state index contributed by atoms with van der Waals surface area (Å²) in [6.07, 6.45) is 6.54. The van der Waals surface area contributed by atoms with Crippen LogP contribution in [0, 0.1) is 5.92 Å². The molecule has 0 aromatic carbocycles. The summed E-state index contributed by atoms with van der Waals surface area (Å²) in [6.45, 7) is 3.94. The molecule has 4 nitrogen and oxygen atoms in total. The lowest BCUT2D eigenvalue weighted by Gasteiger charge is -2.36. The fourth-order valence-electron chi connectivity index (χ4n) is 3.06. The fourth-order valence-corrected chi connectivity index (χ4v) is 3.06. The molecule has 1 fully saturated rings. The lowest BCUT2D eigenvalue weighted by molar-refractivity contribution is -0.138. The third kappa shape index (κ3) is 1.54. The fraction of sp³-hybridized carbons (Fsp3) is 0.615. The highest BCUT2D eigenvalue weighted by Gasteiger charge is 2.43. The van der Waals surface area contributed by atoms with E-state index in [4.69, 9.17) is 0 Å². The number of carbonyl (C=O) groups is 1. The van der Waals surface area contributed by atoms with E-state index in [1.54, 1.807) is 6.33 Å². The summed E-state index contributed by atoms with van der Waals surface area (Å²) in [7, 11) is 0. The summed E-state index contributed by atoms with van der Waals surface area (Å²) in [5.74, 6) is 0.344. The standard InChI is InChI=1S/C13H17N3O/c1-8(2)13(17)16-9-3-4-12(16)10-6-14-7-15-11(10)5-9/h6-9,12H,3-5H2,1-2H3. The molecule has 2 aliphatic heterocycles. The molecule has 0 N–H and O–H groups in total. The quantitative estimate of drug-likeness (QED) is 0.739. The van der Waals surface area contributed by atoms with Crippen LogP contribution >= 0.6 is 0 Å². The van der Waals surface area contributed by atoms with Crippen molar-refractivity contribution in [2.45, 2.75) is 45.2 Å². The van der Waals surface area contributed by atoms with Gasteiger partial charge < -0.3 is 4.90 Å². The molecule has 1 amide bonds. The molecule has 4 heteroatoms. The van der Waals surface area contributed by atoms with Gasteiger partial charge in [0, 0.05) is 30.1 Å². The maximum Gasteiger partial charge on any atom is 0.225 e. The van der Waals surface area contributed by atoms with Crippen molar-refractivity contribution in [1.82, 2.24) is 14.9 Å². The maximum absolute atomic E-state index is 12.3. The van der Waals surface area contributed by atoms with Gasteiger partial charge in [-0.3, -0.25) is 4.79 Å². The molecule has 1 saturated heterocycles.